The Bertz CT molecular complexity index is 561. The van der Waals surface area contributed by atoms with Gasteiger partial charge in [0.1, 0.15) is 25.5 Å². The van der Waals surface area contributed by atoms with E-state index < -0.39 is 0 Å². The molecule has 0 atom stereocenters. The average Bonchev–Trinajstić information content (AvgIpc) is 2.79. The van der Waals surface area contributed by atoms with Crippen LogP contribution in [-0.4, -0.2) is 17.1 Å². The number of esters is 1. The first kappa shape index (κ1) is 14.3. The highest BCUT2D eigenvalue weighted by Gasteiger charge is 2.12. The number of carbonyl (C=O) groups excluding carboxylic acids is 1. The Kier molecular flexibility index (Phi) is 4.93. The van der Waals surface area contributed by atoms with Gasteiger partial charge in [-0.05, 0) is 5.56 Å². The third-order valence-electron chi connectivity index (χ3n) is 3.38. The molecule has 0 saturated carbocycles. The van der Waals surface area contributed by atoms with Gasteiger partial charge in [0, 0.05) is 20.3 Å². The number of hydrogen-bond donors (Lipinski definition) is 0. The van der Waals surface area contributed by atoms with E-state index in [0.29, 0.717) is 13.2 Å². The van der Waals surface area contributed by atoms with Crippen LogP contribution in [0, 0.1) is 6.92 Å². The summed E-state index contributed by atoms with van der Waals surface area (Å²) in [6.45, 7) is 5.59. The Balaban J connectivity index is 1.90. The molecular formula is C16H21N2O2+. The molecule has 0 saturated heterocycles. The highest BCUT2D eigenvalue weighted by molar-refractivity contribution is 5.65. The van der Waals surface area contributed by atoms with Crippen LogP contribution < -0.4 is 4.57 Å². The summed E-state index contributed by atoms with van der Waals surface area (Å²) in [7, 11) is 0. The van der Waals surface area contributed by atoms with E-state index >= 15 is 0 Å². The number of imidazole rings is 1. The first-order valence-electron chi connectivity index (χ1n) is 6.89. The normalized spacial score (nSPS) is 10.5. The van der Waals surface area contributed by atoms with Crippen molar-refractivity contribution in [1.82, 2.24) is 4.57 Å². The van der Waals surface area contributed by atoms with Crippen LogP contribution in [0.1, 0.15) is 18.3 Å². The zero-order valence-electron chi connectivity index (χ0n) is 12.1. The molecule has 0 radical (unpaired) electrons. The molecule has 4 nitrogen and oxygen atoms in total. The van der Waals surface area contributed by atoms with Crippen molar-refractivity contribution in [3.8, 4) is 0 Å². The first-order valence-corrected chi connectivity index (χ1v) is 6.89. The molecule has 0 aliphatic carbocycles. The van der Waals surface area contributed by atoms with Crippen molar-refractivity contribution in [2.24, 2.45) is 0 Å². The fourth-order valence-electron chi connectivity index (χ4n) is 2.20. The fraction of sp³-hybridized carbons (Fsp3) is 0.375. The molecule has 0 unspecified atom stereocenters. The number of rotatable bonds is 6. The number of aryl methyl sites for hydroxylation is 2. The Morgan fingerprint density at radius 2 is 2.05 bits per heavy atom. The highest BCUT2D eigenvalue weighted by Crippen LogP contribution is 2.01. The van der Waals surface area contributed by atoms with Crippen LogP contribution in [-0.2, 0) is 29.0 Å². The Hall–Kier alpha value is -2.10. The van der Waals surface area contributed by atoms with Gasteiger partial charge in [-0.1, -0.05) is 30.3 Å². The van der Waals surface area contributed by atoms with Crippen LogP contribution in [0.15, 0.2) is 42.7 Å². The SMILES string of the molecule is CC(=O)OCCn1cc[n+](CCc2ccccc2)c1C. The molecule has 106 valence electrons. The summed E-state index contributed by atoms with van der Waals surface area (Å²) in [4.78, 5) is 10.7. The molecule has 2 rings (SSSR count). The summed E-state index contributed by atoms with van der Waals surface area (Å²) < 4.78 is 9.30. The van der Waals surface area contributed by atoms with Gasteiger partial charge in [-0.3, -0.25) is 4.79 Å². The summed E-state index contributed by atoms with van der Waals surface area (Å²) in [5.41, 5.74) is 1.34. The Morgan fingerprint density at radius 1 is 1.30 bits per heavy atom. The number of hydrogen-bond acceptors (Lipinski definition) is 2. The number of benzene rings is 1. The lowest BCUT2D eigenvalue weighted by Gasteiger charge is -2.02. The van der Waals surface area contributed by atoms with E-state index in [9.17, 15) is 4.79 Å². The summed E-state index contributed by atoms with van der Waals surface area (Å²) >= 11 is 0. The maximum Gasteiger partial charge on any atom is 0.302 e. The molecule has 0 aliphatic heterocycles. The first-order chi connectivity index (χ1) is 9.66. The molecule has 0 fully saturated rings. The van der Waals surface area contributed by atoms with Crippen molar-refractivity contribution in [3.63, 3.8) is 0 Å². The van der Waals surface area contributed by atoms with Crippen molar-refractivity contribution < 1.29 is 14.1 Å². The van der Waals surface area contributed by atoms with Gasteiger partial charge in [-0.15, -0.1) is 0 Å². The van der Waals surface area contributed by atoms with Crippen molar-refractivity contribution in [3.05, 3.63) is 54.1 Å². The quantitative estimate of drug-likeness (QED) is 0.595. The van der Waals surface area contributed by atoms with Crippen LogP contribution in [0.25, 0.3) is 0 Å². The van der Waals surface area contributed by atoms with E-state index in [2.05, 4.69) is 46.5 Å². The second kappa shape index (κ2) is 6.89. The lowest BCUT2D eigenvalue weighted by atomic mass is 10.1. The fourth-order valence-corrected chi connectivity index (χ4v) is 2.20. The predicted molar refractivity (Wildman–Crippen MR) is 76.1 cm³/mol. The zero-order valence-corrected chi connectivity index (χ0v) is 12.1. The lowest BCUT2D eigenvalue weighted by molar-refractivity contribution is -0.702. The van der Waals surface area contributed by atoms with E-state index in [0.717, 1.165) is 13.0 Å². The van der Waals surface area contributed by atoms with Gasteiger partial charge >= 0.3 is 5.97 Å². The zero-order chi connectivity index (χ0) is 14.4. The minimum Gasteiger partial charge on any atom is -0.462 e. The maximum atomic E-state index is 10.7. The number of carbonyl (C=O) groups is 1. The summed E-state index contributed by atoms with van der Waals surface area (Å²) in [6.07, 6.45) is 5.12. The summed E-state index contributed by atoms with van der Waals surface area (Å²) in [5, 5.41) is 0. The third-order valence-corrected chi connectivity index (χ3v) is 3.38. The molecule has 1 aromatic heterocycles. The molecule has 20 heavy (non-hydrogen) atoms. The predicted octanol–water partition coefficient (Wildman–Crippen LogP) is 1.89. The number of nitrogens with zero attached hydrogens (tertiary/aromatic N) is 2. The average molecular weight is 273 g/mol. The second-order valence-electron chi connectivity index (χ2n) is 4.81. The van der Waals surface area contributed by atoms with Gasteiger partial charge in [0.25, 0.3) is 5.82 Å². The molecule has 0 amide bonds. The molecule has 0 N–H and O–H groups in total. The van der Waals surface area contributed by atoms with Crippen LogP contribution in [0.2, 0.25) is 0 Å². The topological polar surface area (TPSA) is 35.1 Å². The molecule has 0 spiro atoms. The van der Waals surface area contributed by atoms with Gasteiger partial charge in [-0.2, -0.15) is 0 Å². The second-order valence-corrected chi connectivity index (χ2v) is 4.81. The minimum atomic E-state index is -0.230. The third kappa shape index (κ3) is 3.95. The van der Waals surface area contributed by atoms with E-state index in [1.54, 1.807) is 0 Å². The van der Waals surface area contributed by atoms with Gasteiger partial charge in [0.2, 0.25) is 0 Å². The minimum absolute atomic E-state index is 0.230. The maximum absolute atomic E-state index is 10.7. The van der Waals surface area contributed by atoms with Crippen molar-refractivity contribution in [2.75, 3.05) is 6.61 Å². The monoisotopic (exact) mass is 273 g/mol. The van der Waals surface area contributed by atoms with Gasteiger partial charge in [-0.25, -0.2) is 9.13 Å². The van der Waals surface area contributed by atoms with Gasteiger partial charge in [0.05, 0.1) is 6.54 Å². The van der Waals surface area contributed by atoms with E-state index in [-0.39, 0.29) is 5.97 Å². The smallest absolute Gasteiger partial charge is 0.302 e. The molecule has 2 aromatic rings. The van der Waals surface area contributed by atoms with Crippen molar-refractivity contribution in [2.45, 2.75) is 33.4 Å². The van der Waals surface area contributed by atoms with Crippen LogP contribution in [0.5, 0.6) is 0 Å². The molecule has 1 aromatic carbocycles. The van der Waals surface area contributed by atoms with E-state index in [1.807, 2.05) is 12.3 Å². The van der Waals surface area contributed by atoms with Gasteiger partial charge < -0.3 is 4.74 Å². The number of ether oxygens (including phenoxy) is 1. The van der Waals surface area contributed by atoms with Crippen LogP contribution in [0.4, 0.5) is 0 Å². The van der Waals surface area contributed by atoms with Crippen molar-refractivity contribution >= 4 is 5.97 Å². The van der Waals surface area contributed by atoms with E-state index in [1.165, 1.54) is 18.3 Å². The highest BCUT2D eigenvalue weighted by atomic mass is 16.5. The standard InChI is InChI=1S/C16H21N2O2/c1-14-17(9-8-16-6-4-3-5-7-16)10-11-18(14)12-13-20-15(2)19/h3-7,10-11H,8-9,12-13H2,1-2H3/q+1. The van der Waals surface area contributed by atoms with Crippen LogP contribution >= 0.6 is 0 Å². The lowest BCUT2D eigenvalue weighted by Crippen LogP contribution is -2.36. The largest absolute Gasteiger partial charge is 0.462 e. The Labute approximate surface area is 119 Å². The van der Waals surface area contributed by atoms with Crippen LogP contribution in [0.3, 0.4) is 0 Å². The molecule has 0 bridgehead atoms. The van der Waals surface area contributed by atoms with Crippen molar-refractivity contribution in [1.29, 1.82) is 0 Å². The summed E-state index contributed by atoms with van der Waals surface area (Å²) in [6, 6.07) is 10.5. The molecule has 0 aliphatic rings. The molecular weight excluding hydrogens is 252 g/mol. The Morgan fingerprint density at radius 3 is 2.75 bits per heavy atom. The molecule has 1 heterocycles. The summed E-state index contributed by atoms with van der Waals surface area (Å²) in [5.74, 6) is 0.944. The molecule has 4 heteroatoms. The van der Waals surface area contributed by atoms with E-state index in [4.69, 9.17) is 4.74 Å². The van der Waals surface area contributed by atoms with Gasteiger partial charge in [0.15, 0.2) is 0 Å². The number of aromatic nitrogens is 2.